The summed E-state index contributed by atoms with van der Waals surface area (Å²) in [5, 5.41) is 8.55. The van der Waals surface area contributed by atoms with E-state index < -0.39 is 21.6 Å². The minimum Gasteiger partial charge on any atom is -0.384 e. The number of primary sulfonamides is 1. The quantitative estimate of drug-likeness (QED) is 0.786. The molecule has 0 saturated heterocycles. The van der Waals surface area contributed by atoms with Gasteiger partial charge < -0.3 is 9.88 Å². The summed E-state index contributed by atoms with van der Waals surface area (Å²) < 4.78 is 64.7. The Bertz CT molecular complexity index is 1040. The molecule has 0 amide bonds. The topological polar surface area (TPSA) is 90.0 Å². The summed E-state index contributed by atoms with van der Waals surface area (Å²) in [5.74, 6) is 0. The van der Waals surface area contributed by atoms with Crippen LogP contribution in [-0.4, -0.2) is 30.7 Å². The lowest BCUT2D eigenvalue weighted by atomic mass is 9.35. The highest BCUT2D eigenvalue weighted by molar-refractivity contribution is 7.89. The van der Waals surface area contributed by atoms with Gasteiger partial charge in [0.05, 0.1) is 22.3 Å². The summed E-state index contributed by atoms with van der Waals surface area (Å²) in [4.78, 5) is 4.30. The molecule has 10 heteroatoms. The molecular formula is C18H21F3N4O2S. The van der Waals surface area contributed by atoms with Gasteiger partial charge in [-0.25, -0.2) is 18.5 Å². The molecule has 6 nitrogen and oxygen atoms in total. The lowest BCUT2D eigenvalue weighted by Crippen LogP contribution is -2.70. The van der Waals surface area contributed by atoms with Crippen molar-refractivity contribution in [1.29, 1.82) is 0 Å². The van der Waals surface area contributed by atoms with Crippen LogP contribution >= 0.6 is 0 Å². The van der Waals surface area contributed by atoms with Crippen molar-refractivity contribution in [1.82, 2.24) is 9.55 Å². The predicted molar refractivity (Wildman–Crippen MR) is 98.0 cm³/mol. The Balaban J connectivity index is 1.62. The number of aromatic nitrogens is 2. The van der Waals surface area contributed by atoms with Crippen LogP contribution in [0.15, 0.2) is 29.6 Å². The van der Waals surface area contributed by atoms with E-state index in [0.29, 0.717) is 29.1 Å². The van der Waals surface area contributed by atoms with E-state index in [-0.39, 0.29) is 29.6 Å². The molecule has 0 aliphatic heterocycles. The second kappa shape index (κ2) is 5.73. The summed E-state index contributed by atoms with van der Waals surface area (Å²) in [5.41, 5.74) is 0.404. The van der Waals surface area contributed by atoms with E-state index in [0.717, 1.165) is 0 Å². The summed E-state index contributed by atoms with van der Waals surface area (Å²) in [6.45, 7) is 2.05. The third-order valence-electron chi connectivity index (χ3n) is 6.08. The molecular weight excluding hydrogens is 393 g/mol. The molecule has 3 saturated carbocycles. The number of rotatable bonds is 5. The molecule has 0 spiro atoms. The van der Waals surface area contributed by atoms with E-state index >= 15 is 0 Å². The van der Waals surface area contributed by atoms with Gasteiger partial charge in [0, 0.05) is 31.0 Å². The molecule has 3 N–H and O–H groups in total. The zero-order chi connectivity index (χ0) is 20.5. The molecule has 1 heterocycles. The van der Waals surface area contributed by atoms with Crippen molar-refractivity contribution in [3.63, 3.8) is 0 Å². The summed E-state index contributed by atoms with van der Waals surface area (Å²) in [6, 6.07) is 3.01. The molecule has 28 heavy (non-hydrogen) atoms. The Labute approximate surface area is 161 Å². The number of sulfonamides is 1. The molecule has 2 bridgehead atoms. The van der Waals surface area contributed by atoms with Gasteiger partial charge in [0.2, 0.25) is 10.0 Å². The molecule has 3 aliphatic carbocycles. The zero-order valence-corrected chi connectivity index (χ0v) is 16.3. The van der Waals surface area contributed by atoms with Crippen LogP contribution in [0.4, 0.5) is 18.9 Å². The van der Waals surface area contributed by atoms with Gasteiger partial charge in [0.1, 0.15) is 0 Å². The number of hydrogen-bond acceptors (Lipinski definition) is 4. The minimum absolute atomic E-state index is 0.000225. The average Bonchev–Trinajstić information content (AvgIpc) is 2.87. The number of alkyl halides is 3. The van der Waals surface area contributed by atoms with Crippen LogP contribution in [-0.2, 0) is 17.1 Å². The smallest absolute Gasteiger partial charge is 0.384 e. The fourth-order valence-corrected chi connectivity index (χ4v) is 5.58. The van der Waals surface area contributed by atoms with Gasteiger partial charge in [0.15, 0.2) is 0 Å². The van der Waals surface area contributed by atoms with Gasteiger partial charge in [-0.2, -0.15) is 13.2 Å². The van der Waals surface area contributed by atoms with Gasteiger partial charge in [-0.15, -0.1) is 0 Å². The number of hydrogen-bond donors (Lipinski definition) is 2. The van der Waals surface area contributed by atoms with E-state index in [1.165, 1.54) is 6.07 Å². The fraction of sp³-hybridized carbons (Fsp3) is 0.500. The van der Waals surface area contributed by atoms with Gasteiger partial charge >= 0.3 is 6.18 Å². The molecule has 1 aromatic carbocycles. The van der Waals surface area contributed by atoms with Crippen LogP contribution in [0.25, 0.3) is 11.3 Å². The molecule has 3 fully saturated rings. The van der Waals surface area contributed by atoms with E-state index in [9.17, 15) is 21.6 Å². The van der Waals surface area contributed by atoms with Crippen LogP contribution in [0.3, 0.4) is 0 Å². The van der Waals surface area contributed by atoms with Gasteiger partial charge in [-0.05, 0) is 49.3 Å². The van der Waals surface area contributed by atoms with E-state index in [1.807, 2.05) is 0 Å². The number of halogens is 3. The van der Waals surface area contributed by atoms with Crippen LogP contribution in [0.1, 0.15) is 24.8 Å². The highest BCUT2D eigenvalue weighted by atomic mass is 32.2. The molecule has 5 rings (SSSR count). The lowest BCUT2D eigenvalue weighted by molar-refractivity contribution is -0.359. The third-order valence-corrected chi connectivity index (χ3v) is 7.13. The van der Waals surface area contributed by atoms with Crippen molar-refractivity contribution in [3.8, 4) is 11.3 Å². The first-order valence-corrected chi connectivity index (χ1v) is 10.4. The summed E-state index contributed by atoms with van der Waals surface area (Å²) >= 11 is 0. The van der Waals surface area contributed by atoms with Crippen molar-refractivity contribution in [3.05, 3.63) is 30.2 Å². The maximum absolute atomic E-state index is 13.1. The van der Waals surface area contributed by atoms with Crippen molar-refractivity contribution in [2.75, 3.05) is 11.9 Å². The third kappa shape index (κ3) is 2.81. The molecule has 1 aromatic heterocycles. The molecule has 0 radical (unpaired) electrons. The van der Waals surface area contributed by atoms with Crippen molar-refractivity contribution < 1.29 is 21.6 Å². The average molecular weight is 414 g/mol. The first-order valence-electron chi connectivity index (χ1n) is 8.81. The van der Waals surface area contributed by atoms with E-state index in [2.05, 4.69) is 10.3 Å². The number of aryl methyl sites for hydroxylation is 1. The Morgan fingerprint density at radius 3 is 2.43 bits per heavy atom. The SMILES string of the molecule is Cc1c(S(N)(=O)=O)ccc(NCC23CC(C(F)(F)F)(C2)C3)c1-c1cn(C)cn1. The van der Waals surface area contributed by atoms with E-state index in [4.69, 9.17) is 5.14 Å². The monoisotopic (exact) mass is 414 g/mol. The molecule has 2 aromatic rings. The Hall–Kier alpha value is -2.07. The Morgan fingerprint density at radius 2 is 1.93 bits per heavy atom. The second-order valence-corrected chi connectivity index (χ2v) is 9.77. The highest BCUT2D eigenvalue weighted by Gasteiger charge is 2.77. The maximum atomic E-state index is 13.1. The van der Waals surface area contributed by atoms with Crippen molar-refractivity contribution >= 4 is 15.7 Å². The maximum Gasteiger partial charge on any atom is 0.394 e. The van der Waals surface area contributed by atoms with Crippen LogP contribution in [0.2, 0.25) is 0 Å². The van der Waals surface area contributed by atoms with Crippen molar-refractivity contribution in [2.45, 2.75) is 37.3 Å². The number of anilines is 1. The summed E-state index contributed by atoms with van der Waals surface area (Å²) in [6.07, 6.45) is -0.366. The molecule has 0 atom stereocenters. The van der Waals surface area contributed by atoms with Crippen molar-refractivity contribution in [2.24, 2.45) is 23.0 Å². The largest absolute Gasteiger partial charge is 0.394 e. The van der Waals surface area contributed by atoms with Gasteiger partial charge in [-0.1, -0.05) is 0 Å². The summed E-state index contributed by atoms with van der Waals surface area (Å²) in [7, 11) is -2.12. The Kier molecular flexibility index (Phi) is 3.94. The van der Waals surface area contributed by atoms with Crippen LogP contribution in [0.5, 0.6) is 0 Å². The normalized spacial score (nSPS) is 26.5. The highest BCUT2D eigenvalue weighted by Crippen LogP contribution is 2.78. The lowest BCUT2D eigenvalue weighted by Gasteiger charge is -2.70. The predicted octanol–water partition coefficient (Wildman–Crippen LogP) is 3.19. The molecule has 3 aliphatic rings. The number of imidazole rings is 1. The number of nitrogens with zero attached hydrogens (tertiary/aromatic N) is 2. The van der Waals surface area contributed by atoms with Gasteiger partial charge in [0.25, 0.3) is 0 Å². The fourth-order valence-electron chi connectivity index (χ4n) is 4.79. The first-order chi connectivity index (χ1) is 12.9. The van der Waals surface area contributed by atoms with E-state index in [1.54, 1.807) is 37.1 Å². The number of nitrogens with one attached hydrogen (secondary N) is 1. The standard InChI is InChI=1S/C18H21F3N4O2S/c1-11-14(28(22,26)27)4-3-12(15(11)13-5-25(2)10-24-13)23-9-16-6-17(7-16,8-16)18(19,20)21/h3-5,10,23H,6-9H2,1-2H3,(H2,22,26,27). The number of benzene rings is 1. The minimum atomic E-state index is -4.14. The molecule has 152 valence electrons. The molecule has 0 unspecified atom stereocenters. The zero-order valence-electron chi connectivity index (χ0n) is 15.5. The van der Waals surface area contributed by atoms with Gasteiger partial charge in [-0.3, -0.25) is 0 Å². The Morgan fingerprint density at radius 1 is 1.29 bits per heavy atom. The number of nitrogens with two attached hydrogens (primary N) is 1. The first kappa shape index (κ1) is 19.3. The van der Waals surface area contributed by atoms with Crippen LogP contribution in [0, 0.1) is 17.8 Å². The second-order valence-electron chi connectivity index (χ2n) is 8.24. The van der Waals surface area contributed by atoms with Crippen LogP contribution < -0.4 is 10.5 Å².